The molecule has 4 N–H and O–H groups in total. The van der Waals surface area contributed by atoms with E-state index in [0.717, 1.165) is 24.4 Å². The molecule has 98 valence electrons. The molecule has 1 saturated carbocycles. The third kappa shape index (κ3) is 3.74. The van der Waals surface area contributed by atoms with Crippen LogP contribution in [0.25, 0.3) is 0 Å². The summed E-state index contributed by atoms with van der Waals surface area (Å²) >= 11 is 0. The maximum Gasteiger partial charge on any atom is 0.210 e. The molecule has 0 spiro atoms. The van der Waals surface area contributed by atoms with E-state index in [-0.39, 0.29) is 0 Å². The van der Waals surface area contributed by atoms with Crippen LogP contribution in [-0.4, -0.2) is 12.0 Å². The van der Waals surface area contributed by atoms with Gasteiger partial charge in [0.15, 0.2) is 0 Å². The summed E-state index contributed by atoms with van der Waals surface area (Å²) in [7, 11) is 0. The molecule has 1 aliphatic carbocycles. The second-order valence-corrected chi connectivity index (χ2v) is 5.03. The van der Waals surface area contributed by atoms with Gasteiger partial charge in [-0.2, -0.15) is 0 Å². The average molecular weight is 246 g/mol. The smallest absolute Gasteiger partial charge is 0.210 e. The van der Waals surface area contributed by atoms with Gasteiger partial charge in [-0.05, 0) is 43.7 Å². The quantitative estimate of drug-likeness (QED) is 0.325. The molecule has 1 aliphatic rings. The van der Waals surface area contributed by atoms with Gasteiger partial charge in [0.05, 0.1) is 6.04 Å². The first kappa shape index (κ1) is 12.9. The molecule has 18 heavy (non-hydrogen) atoms. The van der Waals surface area contributed by atoms with E-state index in [1.807, 2.05) is 30.3 Å². The van der Waals surface area contributed by atoms with Gasteiger partial charge in [-0.15, -0.1) is 0 Å². The number of hydrogen-bond acceptors (Lipinski definition) is 2. The third-order valence-electron chi connectivity index (χ3n) is 3.47. The van der Waals surface area contributed by atoms with Gasteiger partial charge in [0.25, 0.3) is 0 Å². The lowest BCUT2D eigenvalue weighted by Crippen LogP contribution is -2.37. The largest absolute Gasteiger partial charge is 0.325 e. The lowest BCUT2D eigenvalue weighted by Gasteiger charge is -2.24. The normalized spacial score (nSPS) is 24.7. The van der Waals surface area contributed by atoms with Crippen LogP contribution in [0.15, 0.2) is 35.3 Å². The van der Waals surface area contributed by atoms with Crippen molar-refractivity contribution in [3.63, 3.8) is 0 Å². The van der Waals surface area contributed by atoms with Gasteiger partial charge in [-0.1, -0.05) is 25.1 Å². The van der Waals surface area contributed by atoms with Crippen LogP contribution in [-0.2, 0) is 0 Å². The molecule has 0 atom stereocenters. The zero-order valence-electron chi connectivity index (χ0n) is 10.9. The molecule has 1 fully saturated rings. The molecule has 1 aromatic carbocycles. The highest BCUT2D eigenvalue weighted by atomic mass is 15.3. The molecule has 2 rings (SSSR count). The van der Waals surface area contributed by atoms with Gasteiger partial charge in [0.2, 0.25) is 5.96 Å². The minimum absolute atomic E-state index is 0.392. The topological polar surface area (TPSA) is 62.4 Å². The second-order valence-electron chi connectivity index (χ2n) is 5.03. The summed E-state index contributed by atoms with van der Waals surface area (Å²) in [5.74, 6) is 7.02. The lowest BCUT2D eigenvalue weighted by molar-refractivity contribution is 0.349. The van der Waals surface area contributed by atoms with Crippen LogP contribution in [0.3, 0.4) is 0 Å². The molecule has 4 heteroatoms. The van der Waals surface area contributed by atoms with Crippen molar-refractivity contribution in [2.24, 2.45) is 16.8 Å². The first-order chi connectivity index (χ1) is 8.78. The molecule has 0 radical (unpaired) electrons. The monoisotopic (exact) mass is 246 g/mol. The van der Waals surface area contributed by atoms with Crippen LogP contribution in [0.2, 0.25) is 0 Å². The van der Waals surface area contributed by atoms with Gasteiger partial charge in [-0.3, -0.25) is 5.43 Å². The summed E-state index contributed by atoms with van der Waals surface area (Å²) in [4.78, 5) is 4.65. The SMILES string of the molecule is CC1CCC(N=C(NN)Nc2ccccc2)CC1. The number of guanidine groups is 1. The molecule has 0 unspecified atom stereocenters. The van der Waals surface area contributed by atoms with Crippen molar-refractivity contribution in [3.05, 3.63) is 30.3 Å². The standard InChI is InChI=1S/C14H22N4/c1-11-7-9-13(10-8-11)17-14(18-15)16-12-5-3-2-4-6-12/h2-6,11,13H,7-10,15H2,1H3,(H2,16,17,18). The van der Waals surface area contributed by atoms with Crippen LogP contribution >= 0.6 is 0 Å². The minimum atomic E-state index is 0.392. The summed E-state index contributed by atoms with van der Waals surface area (Å²) < 4.78 is 0. The predicted octanol–water partition coefficient (Wildman–Crippen LogP) is 2.50. The van der Waals surface area contributed by atoms with Crippen LogP contribution in [0.4, 0.5) is 5.69 Å². The maximum atomic E-state index is 5.52. The molecule has 1 aromatic rings. The number of nitrogens with zero attached hydrogens (tertiary/aromatic N) is 1. The second kappa shape index (κ2) is 6.40. The van der Waals surface area contributed by atoms with E-state index in [2.05, 4.69) is 22.7 Å². The fourth-order valence-electron chi connectivity index (χ4n) is 2.32. The molecule has 0 saturated heterocycles. The fraction of sp³-hybridized carbons (Fsp3) is 0.500. The zero-order chi connectivity index (χ0) is 12.8. The Kier molecular flexibility index (Phi) is 4.59. The molecule has 0 aromatic heterocycles. The van der Waals surface area contributed by atoms with Crippen molar-refractivity contribution in [1.29, 1.82) is 0 Å². The van der Waals surface area contributed by atoms with Gasteiger partial charge >= 0.3 is 0 Å². The Hall–Kier alpha value is -1.55. The zero-order valence-corrected chi connectivity index (χ0v) is 10.9. The Morgan fingerprint density at radius 2 is 1.83 bits per heavy atom. The Morgan fingerprint density at radius 3 is 2.44 bits per heavy atom. The Morgan fingerprint density at radius 1 is 1.17 bits per heavy atom. The maximum absolute atomic E-state index is 5.52. The highest BCUT2D eigenvalue weighted by Crippen LogP contribution is 2.25. The molecule has 0 heterocycles. The van der Waals surface area contributed by atoms with Crippen LogP contribution < -0.4 is 16.6 Å². The Balaban J connectivity index is 1.95. The summed E-state index contributed by atoms with van der Waals surface area (Å²) in [6, 6.07) is 10.3. The van der Waals surface area contributed by atoms with Crippen molar-refractivity contribution in [3.8, 4) is 0 Å². The van der Waals surface area contributed by atoms with Crippen molar-refractivity contribution in [2.75, 3.05) is 5.32 Å². The summed E-state index contributed by atoms with van der Waals surface area (Å²) in [6.45, 7) is 2.31. The van der Waals surface area contributed by atoms with Gasteiger partial charge < -0.3 is 5.32 Å². The third-order valence-corrected chi connectivity index (χ3v) is 3.47. The summed E-state index contributed by atoms with van der Waals surface area (Å²) in [5, 5.41) is 3.20. The van der Waals surface area contributed by atoms with Crippen molar-refractivity contribution >= 4 is 11.6 Å². The van der Waals surface area contributed by atoms with Gasteiger partial charge in [-0.25, -0.2) is 10.8 Å². The molecular formula is C14H22N4. The fourth-order valence-corrected chi connectivity index (χ4v) is 2.32. The number of nitrogens with one attached hydrogen (secondary N) is 2. The van der Waals surface area contributed by atoms with Crippen LogP contribution in [0, 0.1) is 5.92 Å². The Bertz CT molecular complexity index is 380. The number of anilines is 1. The van der Waals surface area contributed by atoms with E-state index in [1.165, 1.54) is 12.8 Å². The van der Waals surface area contributed by atoms with Crippen molar-refractivity contribution in [1.82, 2.24) is 5.43 Å². The number of nitrogens with two attached hydrogens (primary N) is 1. The van der Waals surface area contributed by atoms with Gasteiger partial charge in [0, 0.05) is 5.69 Å². The van der Waals surface area contributed by atoms with E-state index in [9.17, 15) is 0 Å². The number of rotatable bonds is 2. The van der Waals surface area contributed by atoms with Crippen LogP contribution in [0.1, 0.15) is 32.6 Å². The van der Waals surface area contributed by atoms with Gasteiger partial charge in [0.1, 0.15) is 0 Å². The van der Waals surface area contributed by atoms with E-state index >= 15 is 0 Å². The number of hydrazine groups is 1. The van der Waals surface area contributed by atoms with E-state index < -0.39 is 0 Å². The van der Waals surface area contributed by atoms with Crippen molar-refractivity contribution in [2.45, 2.75) is 38.6 Å². The van der Waals surface area contributed by atoms with E-state index in [4.69, 9.17) is 5.84 Å². The molecular weight excluding hydrogens is 224 g/mol. The van der Waals surface area contributed by atoms with E-state index in [1.54, 1.807) is 0 Å². The van der Waals surface area contributed by atoms with Crippen molar-refractivity contribution < 1.29 is 0 Å². The minimum Gasteiger partial charge on any atom is -0.325 e. The highest BCUT2D eigenvalue weighted by molar-refractivity contribution is 5.93. The molecule has 4 nitrogen and oxygen atoms in total. The molecule has 0 aliphatic heterocycles. The number of aliphatic imine (C=N–C) groups is 1. The number of para-hydroxylation sites is 1. The predicted molar refractivity (Wildman–Crippen MR) is 76.2 cm³/mol. The molecule has 0 amide bonds. The number of benzene rings is 1. The first-order valence-electron chi connectivity index (χ1n) is 6.64. The first-order valence-corrected chi connectivity index (χ1v) is 6.64. The number of hydrogen-bond donors (Lipinski definition) is 3. The highest BCUT2D eigenvalue weighted by Gasteiger charge is 2.17. The average Bonchev–Trinajstić information content (AvgIpc) is 2.41. The van der Waals surface area contributed by atoms with Crippen LogP contribution in [0.5, 0.6) is 0 Å². The summed E-state index contributed by atoms with van der Waals surface area (Å²) in [5.41, 5.74) is 3.65. The molecule has 0 bridgehead atoms. The lowest BCUT2D eigenvalue weighted by atomic mass is 9.88. The summed E-state index contributed by atoms with van der Waals surface area (Å²) in [6.07, 6.45) is 4.83. The Labute approximate surface area is 109 Å². The van der Waals surface area contributed by atoms with E-state index in [0.29, 0.717) is 12.0 Å².